The van der Waals surface area contributed by atoms with Crippen LogP contribution in [0.15, 0.2) is 27.8 Å². The van der Waals surface area contributed by atoms with Crippen LogP contribution in [0.5, 0.6) is 0 Å². The monoisotopic (exact) mass is 308 g/mol. The number of hydrogen-bond acceptors (Lipinski definition) is 3. The predicted molar refractivity (Wildman–Crippen MR) is 80.5 cm³/mol. The lowest BCUT2D eigenvalue weighted by atomic mass is 10.3. The first-order chi connectivity index (χ1) is 10.4. The number of fused-ring (bicyclic) bond motifs is 1. The first-order valence-corrected chi connectivity index (χ1v) is 6.85. The number of carbonyl (C=O) groups excluding carboxylic acids is 1. The molecule has 118 valence electrons. The number of H-pyrrole nitrogens is 1. The van der Waals surface area contributed by atoms with Gasteiger partial charge >= 0.3 is 17.1 Å². The van der Waals surface area contributed by atoms with E-state index < -0.39 is 16.9 Å². The van der Waals surface area contributed by atoms with E-state index in [-0.39, 0.29) is 30.7 Å². The molecule has 2 aromatic rings. The maximum Gasteiger partial charge on any atom is 0.316 e. The van der Waals surface area contributed by atoms with E-state index in [4.69, 9.17) is 0 Å². The Morgan fingerprint density at radius 1 is 1.36 bits per heavy atom. The molecule has 7 nitrogen and oxygen atoms in total. The van der Waals surface area contributed by atoms with E-state index in [9.17, 15) is 18.8 Å². The van der Waals surface area contributed by atoms with E-state index >= 15 is 0 Å². The summed E-state index contributed by atoms with van der Waals surface area (Å²) in [5.74, 6) is -0.511. The minimum atomic E-state index is -0.829. The molecule has 2 amide bonds. The number of benzene rings is 1. The van der Waals surface area contributed by atoms with Gasteiger partial charge < -0.3 is 20.2 Å². The van der Waals surface area contributed by atoms with Gasteiger partial charge in [0, 0.05) is 19.1 Å². The van der Waals surface area contributed by atoms with Crippen molar-refractivity contribution in [1.82, 2.24) is 20.2 Å². The van der Waals surface area contributed by atoms with Gasteiger partial charge in [0.05, 0.1) is 11.0 Å². The van der Waals surface area contributed by atoms with Crippen molar-refractivity contribution in [2.45, 2.75) is 26.4 Å². The molecule has 0 unspecified atom stereocenters. The highest BCUT2D eigenvalue weighted by Crippen LogP contribution is 2.09. The SMILES string of the molecule is CC(C)NC(=O)NCCn1c(=O)c(=O)[nH]c2cc(F)ccc21. The van der Waals surface area contributed by atoms with Crippen LogP contribution in [0, 0.1) is 5.82 Å². The van der Waals surface area contributed by atoms with Gasteiger partial charge in [-0.15, -0.1) is 0 Å². The third kappa shape index (κ3) is 3.51. The molecule has 8 heteroatoms. The summed E-state index contributed by atoms with van der Waals surface area (Å²) in [4.78, 5) is 37.3. The van der Waals surface area contributed by atoms with E-state index in [1.54, 1.807) is 0 Å². The number of hydrogen-bond donors (Lipinski definition) is 3. The van der Waals surface area contributed by atoms with E-state index in [0.29, 0.717) is 5.52 Å². The summed E-state index contributed by atoms with van der Waals surface area (Å²) in [5, 5.41) is 5.23. The van der Waals surface area contributed by atoms with Crippen molar-refractivity contribution in [3.8, 4) is 0 Å². The summed E-state index contributed by atoms with van der Waals surface area (Å²) in [6.45, 7) is 3.91. The van der Waals surface area contributed by atoms with Crippen molar-refractivity contribution in [3.63, 3.8) is 0 Å². The Bertz CT molecular complexity index is 810. The topological polar surface area (TPSA) is 96.0 Å². The maximum absolute atomic E-state index is 13.2. The number of aromatic nitrogens is 2. The largest absolute Gasteiger partial charge is 0.336 e. The number of aromatic amines is 1. The molecule has 3 N–H and O–H groups in total. The normalized spacial score (nSPS) is 10.9. The molecule has 0 atom stereocenters. The fourth-order valence-electron chi connectivity index (χ4n) is 2.07. The van der Waals surface area contributed by atoms with Gasteiger partial charge in [0.15, 0.2) is 0 Å². The van der Waals surface area contributed by atoms with Gasteiger partial charge in [-0.25, -0.2) is 9.18 Å². The molecule has 2 rings (SSSR count). The Balaban J connectivity index is 2.24. The molecule has 0 aliphatic carbocycles. The summed E-state index contributed by atoms with van der Waals surface area (Å²) >= 11 is 0. The van der Waals surface area contributed by atoms with E-state index in [1.807, 2.05) is 13.8 Å². The number of nitrogens with zero attached hydrogens (tertiary/aromatic N) is 1. The number of rotatable bonds is 4. The lowest BCUT2D eigenvalue weighted by Gasteiger charge is -2.12. The summed E-state index contributed by atoms with van der Waals surface area (Å²) in [6, 6.07) is 3.39. The van der Waals surface area contributed by atoms with Crippen LogP contribution in [0.2, 0.25) is 0 Å². The third-order valence-corrected chi connectivity index (χ3v) is 2.98. The van der Waals surface area contributed by atoms with Crippen LogP contribution in [-0.2, 0) is 6.54 Å². The summed E-state index contributed by atoms with van der Waals surface area (Å²) in [6.07, 6.45) is 0. The van der Waals surface area contributed by atoms with Gasteiger partial charge in [-0.2, -0.15) is 0 Å². The maximum atomic E-state index is 13.2. The molecule has 0 aliphatic heterocycles. The predicted octanol–water partition coefficient (Wildman–Crippen LogP) is 0.536. The zero-order valence-electron chi connectivity index (χ0n) is 12.3. The second kappa shape index (κ2) is 6.42. The quantitative estimate of drug-likeness (QED) is 0.719. The fourth-order valence-corrected chi connectivity index (χ4v) is 2.07. The van der Waals surface area contributed by atoms with Crippen LogP contribution in [-0.4, -0.2) is 28.2 Å². The first kappa shape index (κ1) is 15.7. The summed E-state index contributed by atoms with van der Waals surface area (Å²) in [5.41, 5.74) is -0.941. The van der Waals surface area contributed by atoms with Crippen LogP contribution in [0.1, 0.15) is 13.8 Å². The summed E-state index contributed by atoms with van der Waals surface area (Å²) < 4.78 is 14.4. The fraction of sp³-hybridized carbons (Fsp3) is 0.357. The Labute approximate surface area is 125 Å². The first-order valence-electron chi connectivity index (χ1n) is 6.85. The minimum absolute atomic E-state index is 0.00824. The molecule has 0 bridgehead atoms. The molecule has 0 spiro atoms. The zero-order valence-corrected chi connectivity index (χ0v) is 12.3. The van der Waals surface area contributed by atoms with Crippen LogP contribution >= 0.6 is 0 Å². The van der Waals surface area contributed by atoms with E-state index in [2.05, 4.69) is 15.6 Å². The molecule has 0 radical (unpaired) electrons. The van der Waals surface area contributed by atoms with Gasteiger partial charge in [-0.1, -0.05) is 0 Å². The van der Waals surface area contributed by atoms with Gasteiger partial charge in [0.1, 0.15) is 5.82 Å². The Morgan fingerprint density at radius 3 is 2.77 bits per heavy atom. The minimum Gasteiger partial charge on any atom is -0.336 e. The van der Waals surface area contributed by atoms with Crippen molar-refractivity contribution >= 4 is 17.1 Å². The standard InChI is InChI=1S/C14H17FN4O3/c1-8(2)17-14(22)16-5-6-19-11-4-3-9(15)7-10(11)18-12(20)13(19)21/h3-4,7-8H,5-6H2,1-2H3,(H,18,20)(H2,16,17,22). The highest BCUT2D eigenvalue weighted by molar-refractivity contribution is 5.75. The highest BCUT2D eigenvalue weighted by Gasteiger charge is 2.09. The molecule has 1 aromatic carbocycles. The van der Waals surface area contributed by atoms with Crippen molar-refractivity contribution in [1.29, 1.82) is 0 Å². The van der Waals surface area contributed by atoms with Crippen molar-refractivity contribution in [3.05, 3.63) is 44.7 Å². The zero-order chi connectivity index (χ0) is 16.3. The highest BCUT2D eigenvalue weighted by atomic mass is 19.1. The average Bonchev–Trinajstić information content (AvgIpc) is 2.42. The van der Waals surface area contributed by atoms with Crippen molar-refractivity contribution in [2.24, 2.45) is 0 Å². The molecule has 1 aromatic heterocycles. The second-order valence-corrected chi connectivity index (χ2v) is 5.13. The Hall–Kier alpha value is -2.64. The molecular weight excluding hydrogens is 291 g/mol. The molecule has 1 heterocycles. The van der Waals surface area contributed by atoms with Gasteiger partial charge in [-0.05, 0) is 32.0 Å². The average molecular weight is 308 g/mol. The molecule has 0 fully saturated rings. The molecule has 0 saturated heterocycles. The van der Waals surface area contributed by atoms with Gasteiger partial charge in [0.2, 0.25) is 0 Å². The second-order valence-electron chi connectivity index (χ2n) is 5.13. The molecule has 0 aliphatic rings. The number of nitrogens with one attached hydrogen (secondary N) is 3. The third-order valence-electron chi connectivity index (χ3n) is 2.98. The van der Waals surface area contributed by atoms with Crippen LogP contribution < -0.4 is 21.8 Å². The van der Waals surface area contributed by atoms with Gasteiger partial charge in [0.25, 0.3) is 0 Å². The van der Waals surface area contributed by atoms with Crippen LogP contribution in [0.25, 0.3) is 11.0 Å². The molecular formula is C14H17FN4O3. The van der Waals surface area contributed by atoms with Crippen LogP contribution in [0.3, 0.4) is 0 Å². The lowest BCUT2D eigenvalue weighted by molar-refractivity contribution is 0.238. The summed E-state index contributed by atoms with van der Waals surface area (Å²) in [7, 11) is 0. The van der Waals surface area contributed by atoms with Crippen LogP contribution in [0.4, 0.5) is 9.18 Å². The molecule has 22 heavy (non-hydrogen) atoms. The van der Waals surface area contributed by atoms with Gasteiger partial charge in [-0.3, -0.25) is 9.59 Å². The number of halogens is 1. The smallest absolute Gasteiger partial charge is 0.316 e. The van der Waals surface area contributed by atoms with E-state index in [0.717, 1.165) is 6.07 Å². The number of urea groups is 1. The Morgan fingerprint density at radius 2 is 2.09 bits per heavy atom. The number of amides is 2. The van der Waals surface area contributed by atoms with Crippen molar-refractivity contribution < 1.29 is 9.18 Å². The Kier molecular flexibility index (Phi) is 4.59. The van der Waals surface area contributed by atoms with E-state index in [1.165, 1.54) is 16.7 Å². The lowest BCUT2D eigenvalue weighted by Crippen LogP contribution is -2.43. The molecule has 0 saturated carbocycles. The van der Waals surface area contributed by atoms with Crippen molar-refractivity contribution in [2.75, 3.05) is 6.54 Å². The number of carbonyl (C=O) groups is 1.